The first-order valence-corrected chi connectivity index (χ1v) is 8.45. The van der Waals surface area contributed by atoms with Gasteiger partial charge in [0.05, 0.1) is 5.69 Å². The number of hydrogen-bond donors (Lipinski definition) is 0. The maximum Gasteiger partial charge on any atom is 0.228 e. The van der Waals surface area contributed by atoms with Crippen LogP contribution in [0, 0.1) is 0 Å². The average Bonchev–Trinajstić information content (AvgIpc) is 3.09. The van der Waals surface area contributed by atoms with Crippen LogP contribution in [0.25, 0.3) is 11.1 Å². The highest BCUT2D eigenvalue weighted by atomic mass is 32.1. The van der Waals surface area contributed by atoms with Crippen LogP contribution in [0.5, 0.6) is 5.75 Å². The molecule has 25 heavy (non-hydrogen) atoms. The largest absolute Gasteiger partial charge is 0.550 e. The van der Waals surface area contributed by atoms with Crippen LogP contribution in [0.2, 0.25) is 0 Å². The monoisotopic (exact) mass is 352 g/mol. The van der Waals surface area contributed by atoms with Crippen molar-refractivity contribution < 1.29 is 19.4 Å². The fourth-order valence-corrected chi connectivity index (χ4v) is 2.99. The predicted molar refractivity (Wildman–Crippen MR) is 92.5 cm³/mol. The first-order valence-electron chi connectivity index (χ1n) is 7.57. The van der Waals surface area contributed by atoms with Gasteiger partial charge in [0.1, 0.15) is 5.75 Å². The molecule has 3 rings (SSSR count). The molecule has 0 aliphatic carbocycles. The van der Waals surface area contributed by atoms with Gasteiger partial charge in [0.2, 0.25) is 5.78 Å². The molecule has 0 amide bonds. The third kappa shape index (κ3) is 4.51. The van der Waals surface area contributed by atoms with Crippen LogP contribution in [-0.4, -0.2) is 23.3 Å². The lowest BCUT2D eigenvalue weighted by atomic mass is 10.1. The Morgan fingerprint density at radius 1 is 1.00 bits per heavy atom. The molecule has 6 heteroatoms. The van der Waals surface area contributed by atoms with Gasteiger partial charge in [0, 0.05) is 17.8 Å². The number of aromatic nitrogens is 1. The van der Waals surface area contributed by atoms with Crippen molar-refractivity contribution in [3.05, 3.63) is 70.7 Å². The second kappa shape index (κ2) is 7.72. The van der Waals surface area contributed by atoms with Gasteiger partial charge in [-0.1, -0.05) is 42.5 Å². The molecule has 5 nitrogen and oxygen atoms in total. The van der Waals surface area contributed by atoms with E-state index >= 15 is 0 Å². The van der Waals surface area contributed by atoms with Crippen LogP contribution in [0.4, 0.5) is 0 Å². The second-order valence-electron chi connectivity index (χ2n) is 5.30. The smallest absolute Gasteiger partial charge is 0.228 e. The van der Waals surface area contributed by atoms with Crippen molar-refractivity contribution in [3.8, 4) is 16.9 Å². The zero-order valence-electron chi connectivity index (χ0n) is 13.2. The zero-order chi connectivity index (χ0) is 17.6. The normalized spacial score (nSPS) is 10.4. The second-order valence-corrected chi connectivity index (χ2v) is 6.15. The summed E-state index contributed by atoms with van der Waals surface area (Å²) in [4.78, 5) is 26.6. The van der Waals surface area contributed by atoms with Crippen LogP contribution in [0.15, 0.2) is 60.0 Å². The highest BCUT2D eigenvalue weighted by Crippen LogP contribution is 2.22. The lowest BCUT2D eigenvalue weighted by molar-refractivity contribution is -0.304. The van der Waals surface area contributed by atoms with Crippen molar-refractivity contribution in [1.82, 2.24) is 4.98 Å². The minimum atomic E-state index is -1.22. The summed E-state index contributed by atoms with van der Waals surface area (Å²) >= 11 is 1.10. The van der Waals surface area contributed by atoms with Crippen LogP contribution in [0.1, 0.15) is 15.5 Å². The number of Topliss-reactive ketones (excluding diaryl/α,β-unsaturated/α-hetero) is 1. The zero-order valence-corrected chi connectivity index (χ0v) is 14.0. The van der Waals surface area contributed by atoms with E-state index in [1.54, 1.807) is 12.1 Å². The Hall–Kier alpha value is -2.99. The topological polar surface area (TPSA) is 79.3 Å². The first-order chi connectivity index (χ1) is 12.1. The summed E-state index contributed by atoms with van der Waals surface area (Å²) in [6.07, 6.45) is -0.300. The number of ketones is 1. The van der Waals surface area contributed by atoms with Gasteiger partial charge in [-0.25, -0.2) is 4.98 Å². The standard InChI is InChI=1S/C19H15NO4S/c21-17(19-20-15(12-25-19)10-18(22)23)11-24-16-8-6-14(7-9-16)13-4-2-1-3-5-13/h1-9,12H,10-11H2,(H,22,23)/p-1. The number of carbonyl (C=O) groups is 2. The summed E-state index contributed by atoms with van der Waals surface area (Å²) < 4.78 is 5.49. The Morgan fingerprint density at radius 2 is 1.68 bits per heavy atom. The maximum atomic E-state index is 12.1. The van der Waals surface area contributed by atoms with E-state index in [9.17, 15) is 14.7 Å². The molecule has 126 valence electrons. The molecule has 0 bridgehead atoms. The summed E-state index contributed by atoms with van der Waals surface area (Å²) in [7, 11) is 0. The molecule has 0 unspecified atom stereocenters. The fourth-order valence-electron chi connectivity index (χ4n) is 2.25. The Morgan fingerprint density at radius 3 is 2.36 bits per heavy atom. The highest BCUT2D eigenvalue weighted by molar-refractivity contribution is 7.11. The molecular weight excluding hydrogens is 338 g/mol. The highest BCUT2D eigenvalue weighted by Gasteiger charge is 2.12. The number of rotatable bonds is 7. The van der Waals surface area contributed by atoms with Crippen molar-refractivity contribution in [2.24, 2.45) is 0 Å². The number of ether oxygens (including phenoxy) is 1. The van der Waals surface area contributed by atoms with Crippen molar-refractivity contribution in [3.63, 3.8) is 0 Å². The van der Waals surface area contributed by atoms with Gasteiger partial charge in [0.25, 0.3) is 0 Å². The molecule has 3 aromatic rings. The molecule has 1 heterocycles. The summed E-state index contributed by atoms with van der Waals surface area (Å²) in [5.74, 6) is -0.930. The van der Waals surface area contributed by atoms with Gasteiger partial charge in [-0.2, -0.15) is 0 Å². The van der Waals surface area contributed by atoms with Crippen LogP contribution in [-0.2, 0) is 11.2 Å². The number of thiazole rings is 1. The minimum absolute atomic E-state index is 0.150. The summed E-state index contributed by atoms with van der Waals surface area (Å²) in [5.41, 5.74) is 2.49. The van der Waals surface area contributed by atoms with Gasteiger partial charge in [0.15, 0.2) is 11.6 Å². The molecule has 0 spiro atoms. The molecular formula is C19H14NO4S-. The van der Waals surface area contributed by atoms with Gasteiger partial charge in [-0.05, 0) is 23.3 Å². The van der Waals surface area contributed by atoms with E-state index in [4.69, 9.17) is 4.74 Å². The molecule has 0 aliphatic heterocycles. The predicted octanol–water partition coefficient (Wildman–Crippen LogP) is 2.36. The van der Waals surface area contributed by atoms with Crippen LogP contribution >= 0.6 is 11.3 Å². The Balaban J connectivity index is 1.59. The lowest BCUT2D eigenvalue weighted by Crippen LogP contribution is -2.24. The van der Waals surface area contributed by atoms with Gasteiger partial charge in [-0.15, -0.1) is 11.3 Å². The Labute approximate surface area is 148 Å². The van der Waals surface area contributed by atoms with E-state index in [1.165, 1.54) is 5.38 Å². The Kier molecular flexibility index (Phi) is 5.20. The quantitative estimate of drug-likeness (QED) is 0.610. The van der Waals surface area contributed by atoms with E-state index in [0.29, 0.717) is 11.4 Å². The van der Waals surface area contributed by atoms with Crippen molar-refractivity contribution >= 4 is 23.1 Å². The van der Waals surface area contributed by atoms with E-state index in [0.717, 1.165) is 22.5 Å². The van der Waals surface area contributed by atoms with Crippen LogP contribution in [0.3, 0.4) is 0 Å². The van der Waals surface area contributed by atoms with Gasteiger partial charge < -0.3 is 14.6 Å². The third-order valence-electron chi connectivity index (χ3n) is 3.45. The number of carboxylic acids is 1. The number of hydrogen-bond acceptors (Lipinski definition) is 6. The van der Waals surface area contributed by atoms with E-state index in [1.807, 2.05) is 42.5 Å². The first kappa shape index (κ1) is 16.9. The summed E-state index contributed by atoms with van der Waals surface area (Å²) in [6, 6.07) is 17.4. The number of aliphatic carboxylic acids is 1. The third-order valence-corrected chi connectivity index (χ3v) is 4.38. The molecule has 0 radical (unpaired) electrons. The summed E-state index contributed by atoms with van der Waals surface area (Å²) in [5, 5.41) is 12.3. The SMILES string of the molecule is O=C([O-])Cc1csc(C(=O)COc2ccc(-c3ccccc3)cc2)n1. The van der Waals surface area contributed by atoms with Crippen molar-refractivity contribution in [2.45, 2.75) is 6.42 Å². The molecule has 0 aliphatic rings. The van der Waals surface area contributed by atoms with Gasteiger partial charge >= 0.3 is 0 Å². The minimum Gasteiger partial charge on any atom is -0.550 e. The Bertz CT molecular complexity index is 872. The molecule has 2 aromatic carbocycles. The lowest BCUT2D eigenvalue weighted by Gasteiger charge is -2.06. The number of carboxylic acid groups (broad SMARTS) is 1. The molecule has 0 saturated carbocycles. The van der Waals surface area contributed by atoms with Gasteiger partial charge in [-0.3, -0.25) is 4.79 Å². The molecule has 0 atom stereocenters. The molecule has 0 fully saturated rings. The van der Waals surface area contributed by atoms with E-state index in [-0.39, 0.29) is 23.8 Å². The average molecular weight is 352 g/mol. The van der Waals surface area contributed by atoms with Crippen LogP contribution < -0.4 is 9.84 Å². The fraction of sp³-hybridized carbons (Fsp3) is 0.105. The number of nitrogens with zero attached hydrogens (tertiary/aromatic N) is 1. The van der Waals surface area contributed by atoms with Crippen molar-refractivity contribution in [1.29, 1.82) is 0 Å². The number of benzene rings is 2. The number of carbonyl (C=O) groups excluding carboxylic acids is 2. The van der Waals surface area contributed by atoms with E-state index < -0.39 is 5.97 Å². The molecule has 0 saturated heterocycles. The molecule has 1 aromatic heterocycles. The summed E-state index contributed by atoms with van der Waals surface area (Å²) in [6.45, 7) is -0.150. The molecule has 0 N–H and O–H groups in total. The van der Waals surface area contributed by atoms with E-state index in [2.05, 4.69) is 4.98 Å². The van der Waals surface area contributed by atoms with Crippen molar-refractivity contribution in [2.75, 3.05) is 6.61 Å². The maximum absolute atomic E-state index is 12.1.